The Morgan fingerprint density at radius 2 is 2.20 bits per heavy atom. The number of aromatic nitrogens is 3. The van der Waals surface area contributed by atoms with Gasteiger partial charge >= 0.3 is 0 Å². The number of aryl methyl sites for hydroxylation is 1. The minimum absolute atomic E-state index is 0.0838. The zero-order valence-corrected chi connectivity index (χ0v) is 14.5. The van der Waals surface area contributed by atoms with Gasteiger partial charge < -0.3 is 5.32 Å². The van der Waals surface area contributed by atoms with E-state index in [4.69, 9.17) is 0 Å². The van der Waals surface area contributed by atoms with E-state index in [-0.39, 0.29) is 23.4 Å². The summed E-state index contributed by atoms with van der Waals surface area (Å²) in [6, 6.07) is 4.43. The number of nitrogens with one attached hydrogen (secondary N) is 1. The maximum Gasteiger partial charge on any atom is 0.270 e. The van der Waals surface area contributed by atoms with Crippen molar-refractivity contribution >= 4 is 17.2 Å². The third kappa shape index (κ3) is 3.52. The molecule has 0 saturated carbocycles. The number of ketones is 1. The molecule has 1 aliphatic rings. The Labute approximate surface area is 145 Å². The Morgan fingerprint density at radius 1 is 1.44 bits per heavy atom. The predicted octanol–water partition coefficient (Wildman–Crippen LogP) is 2.94. The zero-order valence-electron chi connectivity index (χ0n) is 14.5. The number of benzene rings is 1. The Hall–Kier alpha value is -2.77. The molecule has 2 heterocycles. The highest BCUT2D eigenvalue weighted by Crippen LogP contribution is 2.26. The Morgan fingerprint density at radius 3 is 2.84 bits per heavy atom. The van der Waals surface area contributed by atoms with E-state index >= 15 is 0 Å². The molecule has 132 valence electrons. The van der Waals surface area contributed by atoms with Crippen molar-refractivity contribution < 1.29 is 9.72 Å². The topological polar surface area (TPSA) is 103 Å². The molecular weight excluding hydrogens is 322 g/mol. The molecule has 0 unspecified atom stereocenters. The van der Waals surface area contributed by atoms with Crippen LogP contribution in [0, 0.1) is 10.1 Å². The Kier molecular flexibility index (Phi) is 4.52. The summed E-state index contributed by atoms with van der Waals surface area (Å²) < 4.78 is 1.91. The average Bonchev–Trinajstić information content (AvgIpc) is 2.98. The number of Topliss-reactive ketones (excluding diaryl/α,β-unsaturated/α-hetero) is 1. The number of hydrogen-bond donors (Lipinski definition) is 1. The second kappa shape index (κ2) is 6.62. The average molecular weight is 343 g/mol. The number of carbonyl (C=O) groups is 1. The van der Waals surface area contributed by atoms with Gasteiger partial charge in [0.2, 0.25) is 0 Å². The van der Waals surface area contributed by atoms with Crippen molar-refractivity contribution in [1.29, 1.82) is 0 Å². The van der Waals surface area contributed by atoms with Gasteiger partial charge in [0.25, 0.3) is 5.69 Å². The standard InChI is InChI=1S/C17H21N5O3/c1-10(2)17-19-16-7-4-12(9-21(16)20-17)18-15-6-5-13(22(24)25)8-14(15)11(3)23/h5-6,8,10,12,18H,4,7,9H2,1-3H3/t12-/m0/s1. The van der Waals surface area contributed by atoms with Gasteiger partial charge in [0.1, 0.15) is 5.82 Å². The second-order valence-corrected chi connectivity index (χ2v) is 6.65. The van der Waals surface area contributed by atoms with Crippen molar-refractivity contribution in [2.24, 2.45) is 0 Å². The van der Waals surface area contributed by atoms with Crippen LogP contribution in [0.3, 0.4) is 0 Å². The van der Waals surface area contributed by atoms with E-state index in [1.54, 1.807) is 6.07 Å². The third-order valence-electron chi connectivity index (χ3n) is 4.34. The summed E-state index contributed by atoms with van der Waals surface area (Å²) in [7, 11) is 0. The van der Waals surface area contributed by atoms with Crippen molar-refractivity contribution in [2.75, 3.05) is 5.32 Å². The summed E-state index contributed by atoms with van der Waals surface area (Å²) in [6.07, 6.45) is 1.67. The van der Waals surface area contributed by atoms with Crippen LogP contribution in [0.25, 0.3) is 0 Å². The van der Waals surface area contributed by atoms with Gasteiger partial charge in [0.05, 0.1) is 11.5 Å². The normalized spacial score (nSPS) is 16.6. The minimum atomic E-state index is -0.494. The van der Waals surface area contributed by atoms with Crippen molar-refractivity contribution in [1.82, 2.24) is 14.8 Å². The SMILES string of the molecule is CC(=O)c1cc([N+](=O)[O-])ccc1N[C@H]1CCc2nc(C(C)C)nn2C1. The van der Waals surface area contributed by atoms with Crippen LogP contribution in [-0.2, 0) is 13.0 Å². The Balaban J connectivity index is 1.81. The molecule has 2 aromatic rings. The monoisotopic (exact) mass is 343 g/mol. The lowest BCUT2D eigenvalue weighted by atomic mass is 10.0. The molecule has 25 heavy (non-hydrogen) atoms. The highest BCUT2D eigenvalue weighted by Gasteiger charge is 2.24. The number of nitrogens with zero attached hydrogens (tertiary/aromatic N) is 4. The van der Waals surface area contributed by atoms with E-state index < -0.39 is 4.92 Å². The highest BCUT2D eigenvalue weighted by atomic mass is 16.6. The van der Waals surface area contributed by atoms with Crippen LogP contribution in [0.15, 0.2) is 18.2 Å². The van der Waals surface area contributed by atoms with Gasteiger partial charge in [-0.25, -0.2) is 9.67 Å². The van der Waals surface area contributed by atoms with Gasteiger partial charge in [0.15, 0.2) is 11.6 Å². The molecule has 0 spiro atoms. The van der Waals surface area contributed by atoms with Gasteiger partial charge in [-0.1, -0.05) is 13.8 Å². The fourth-order valence-electron chi connectivity index (χ4n) is 2.97. The zero-order chi connectivity index (χ0) is 18.1. The van der Waals surface area contributed by atoms with E-state index in [2.05, 4.69) is 29.2 Å². The summed E-state index contributed by atoms with van der Waals surface area (Å²) >= 11 is 0. The lowest BCUT2D eigenvalue weighted by Crippen LogP contribution is -2.32. The number of nitro groups is 1. The van der Waals surface area contributed by atoms with Crippen molar-refractivity contribution in [2.45, 2.75) is 52.1 Å². The smallest absolute Gasteiger partial charge is 0.270 e. The first kappa shape index (κ1) is 17.1. The molecule has 1 aliphatic heterocycles. The molecule has 0 bridgehead atoms. The van der Waals surface area contributed by atoms with Crippen molar-refractivity contribution in [3.05, 3.63) is 45.5 Å². The molecule has 8 heteroatoms. The van der Waals surface area contributed by atoms with Crippen molar-refractivity contribution in [3.8, 4) is 0 Å². The first-order valence-electron chi connectivity index (χ1n) is 8.34. The number of non-ortho nitro benzene ring substituents is 1. The number of anilines is 1. The van der Waals surface area contributed by atoms with E-state index in [0.29, 0.717) is 17.8 Å². The maximum absolute atomic E-state index is 11.9. The van der Waals surface area contributed by atoms with E-state index in [9.17, 15) is 14.9 Å². The van der Waals surface area contributed by atoms with Gasteiger partial charge in [-0.2, -0.15) is 5.10 Å². The first-order chi connectivity index (χ1) is 11.8. The number of nitro benzene ring substituents is 1. The van der Waals surface area contributed by atoms with E-state index in [1.807, 2.05) is 4.68 Å². The summed E-state index contributed by atoms with van der Waals surface area (Å²) in [5.41, 5.74) is 0.872. The van der Waals surface area contributed by atoms with Crippen LogP contribution in [0.1, 0.15) is 55.1 Å². The first-order valence-corrected chi connectivity index (χ1v) is 8.34. The number of rotatable bonds is 5. The second-order valence-electron chi connectivity index (χ2n) is 6.65. The van der Waals surface area contributed by atoms with E-state index in [1.165, 1.54) is 19.1 Å². The molecule has 3 rings (SSSR count). The predicted molar refractivity (Wildman–Crippen MR) is 92.9 cm³/mol. The molecule has 1 N–H and O–H groups in total. The van der Waals surface area contributed by atoms with Crippen LogP contribution in [0.2, 0.25) is 0 Å². The summed E-state index contributed by atoms with van der Waals surface area (Å²) in [5, 5.41) is 18.8. The van der Waals surface area contributed by atoms with Gasteiger partial charge in [-0.3, -0.25) is 14.9 Å². The summed E-state index contributed by atoms with van der Waals surface area (Å²) in [6.45, 7) is 6.19. The number of carbonyl (C=O) groups excluding carboxylic acids is 1. The van der Waals surface area contributed by atoms with Crippen molar-refractivity contribution in [3.63, 3.8) is 0 Å². The van der Waals surface area contributed by atoms with Crippen LogP contribution >= 0.6 is 0 Å². The minimum Gasteiger partial charge on any atom is -0.380 e. The fraction of sp³-hybridized carbons (Fsp3) is 0.471. The molecule has 0 aliphatic carbocycles. The molecule has 1 aromatic heterocycles. The quantitative estimate of drug-likeness (QED) is 0.508. The molecule has 0 radical (unpaired) electrons. The lowest BCUT2D eigenvalue weighted by Gasteiger charge is -2.25. The molecule has 0 amide bonds. The summed E-state index contributed by atoms with van der Waals surface area (Å²) in [5.74, 6) is 1.90. The molecular formula is C17H21N5O3. The molecule has 1 atom stereocenters. The van der Waals surface area contributed by atoms with Crippen LogP contribution in [0.5, 0.6) is 0 Å². The third-order valence-corrected chi connectivity index (χ3v) is 4.34. The van der Waals surface area contributed by atoms with E-state index in [0.717, 1.165) is 24.5 Å². The van der Waals surface area contributed by atoms with Crippen LogP contribution in [0.4, 0.5) is 11.4 Å². The molecule has 1 aromatic carbocycles. The fourth-order valence-corrected chi connectivity index (χ4v) is 2.97. The van der Waals surface area contributed by atoms with Crippen LogP contribution in [-0.4, -0.2) is 31.5 Å². The molecule has 0 saturated heterocycles. The number of hydrogen-bond acceptors (Lipinski definition) is 6. The Bertz CT molecular complexity index is 828. The maximum atomic E-state index is 11.9. The number of fused-ring (bicyclic) bond motifs is 1. The van der Waals surface area contributed by atoms with Crippen LogP contribution < -0.4 is 5.32 Å². The molecule has 0 fully saturated rings. The van der Waals surface area contributed by atoms with Gasteiger partial charge in [-0.15, -0.1) is 0 Å². The highest BCUT2D eigenvalue weighted by molar-refractivity contribution is 6.00. The summed E-state index contributed by atoms with van der Waals surface area (Å²) in [4.78, 5) is 26.9. The van der Waals surface area contributed by atoms with Gasteiger partial charge in [0, 0.05) is 41.8 Å². The molecule has 8 nitrogen and oxygen atoms in total. The van der Waals surface area contributed by atoms with Gasteiger partial charge in [-0.05, 0) is 19.4 Å². The largest absolute Gasteiger partial charge is 0.380 e. The lowest BCUT2D eigenvalue weighted by molar-refractivity contribution is -0.384.